The average molecular weight is 565 g/mol. The van der Waals surface area contributed by atoms with Gasteiger partial charge in [0, 0.05) is 36.9 Å². The summed E-state index contributed by atoms with van der Waals surface area (Å²) >= 11 is 0. The quantitative estimate of drug-likeness (QED) is 0.184. The number of ether oxygens (including phenoxy) is 1. The summed E-state index contributed by atoms with van der Waals surface area (Å²) in [7, 11) is -3.96. The van der Waals surface area contributed by atoms with Crippen LogP contribution < -0.4 is 15.4 Å². The van der Waals surface area contributed by atoms with Gasteiger partial charge >= 0.3 is 0 Å². The molecule has 40 heavy (non-hydrogen) atoms. The summed E-state index contributed by atoms with van der Waals surface area (Å²) in [6.45, 7) is 11.6. The summed E-state index contributed by atoms with van der Waals surface area (Å²) in [5.74, 6) is 2.92. The molecular formula is C29H36N6O4S. The molecule has 3 N–H and O–H groups in total. The molecular weight excluding hydrogens is 528 g/mol. The molecule has 0 unspecified atom stereocenters. The second-order valence-electron chi connectivity index (χ2n) is 9.41. The summed E-state index contributed by atoms with van der Waals surface area (Å²) < 4.78 is 40.4. The predicted octanol–water partition coefficient (Wildman–Crippen LogP) is 5.83. The van der Waals surface area contributed by atoms with Crippen molar-refractivity contribution in [2.75, 3.05) is 28.5 Å². The van der Waals surface area contributed by atoms with Gasteiger partial charge in [-0.3, -0.25) is 4.72 Å². The summed E-state index contributed by atoms with van der Waals surface area (Å²) in [4.78, 5) is 9.08. The van der Waals surface area contributed by atoms with Crippen molar-refractivity contribution >= 4 is 27.5 Å². The Bertz CT molecular complexity index is 1570. The van der Waals surface area contributed by atoms with Gasteiger partial charge < -0.3 is 19.9 Å². The number of benzene rings is 2. The standard InChI is InChI=1S/C29H36N6O4S/c1-6-14-30-27-16-28(33-21(5)32-27)31-17-22-12-13-24(23(15-22)18-38-7-2)25-10-8-9-11-26(25)40(36,37)35-29-19(3)20(4)39-34-29/h8-13,15-16H,6-7,14,17-18H2,1-5H3,(H,34,35)(H2,30,31,32,33). The minimum absolute atomic E-state index is 0.141. The van der Waals surface area contributed by atoms with Crippen LogP contribution in [0.3, 0.4) is 0 Å². The molecule has 0 radical (unpaired) electrons. The topological polar surface area (TPSA) is 131 Å². The SMILES string of the molecule is CCCNc1cc(NCc2ccc(-c3ccccc3S(=O)(=O)Nc3noc(C)c3C)c(COCC)c2)nc(C)n1. The number of nitrogens with one attached hydrogen (secondary N) is 3. The molecule has 0 aliphatic rings. The van der Waals surface area contributed by atoms with Gasteiger partial charge in [-0.2, -0.15) is 0 Å². The van der Waals surface area contributed by atoms with E-state index >= 15 is 0 Å². The third kappa shape index (κ3) is 6.97. The van der Waals surface area contributed by atoms with Crippen LogP contribution in [0.2, 0.25) is 0 Å². The van der Waals surface area contributed by atoms with Crippen molar-refractivity contribution in [3.63, 3.8) is 0 Å². The van der Waals surface area contributed by atoms with Gasteiger partial charge in [-0.25, -0.2) is 18.4 Å². The van der Waals surface area contributed by atoms with E-state index in [0.717, 1.165) is 41.3 Å². The molecule has 4 aromatic rings. The number of hydrogen-bond acceptors (Lipinski definition) is 9. The van der Waals surface area contributed by atoms with Crippen LogP contribution in [0.15, 0.2) is 57.9 Å². The lowest BCUT2D eigenvalue weighted by molar-refractivity contribution is 0.134. The molecule has 0 saturated carbocycles. The molecule has 0 aliphatic carbocycles. The molecule has 11 heteroatoms. The maximum atomic E-state index is 13.5. The Morgan fingerprint density at radius 1 is 0.925 bits per heavy atom. The van der Waals surface area contributed by atoms with Gasteiger partial charge in [0.25, 0.3) is 10.0 Å². The second-order valence-corrected chi connectivity index (χ2v) is 11.1. The number of aromatic nitrogens is 3. The highest BCUT2D eigenvalue weighted by Gasteiger charge is 2.23. The van der Waals surface area contributed by atoms with Crippen LogP contribution in [0.5, 0.6) is 0 Å². The van der Waals surface area contributed by atoms with E-state index in [1.807, 2.05) is 44.2 Å². The maximum absolute atomic E-state index is 13.5. The number of anilines is 3. The van der Waals surface area contributed by atoms with E-state index in [-0.39, 0.29) is 10.7 Å². The van der Waals surface area contributed by atoms with Gasteiger partial charge in [0.2, 0.25) is 0 Å². The normalized spacial score (nSPS) is 11.4. The molecule has 10 nitrogen and oxygen atoms in total. The van der Waals surface area contributed by atoms with E-state index in [1.165, 1.54) is 0 Å². The zero-order valence-electron chi connectivity index (χ0n) is 23.5. The first-order valence-corrected chi connectivity index (χ1v) is 14.8. The molecule has 0 bridgehead atoms. The highest BCUT2D eigenvalue weighted by Crippen LogP contribution is 2.33. The Morgan fingerprint density at radius 3 is 2.38 bits per heavy atom. The Balaban J connectivity index is 1.63. The molecule has 0 fully saturated rings. The predicted molar refractivity (Wildman–Crippen MR) is 157 cm³/mol. The zero-order chi connectivity index (χ0) is 28.7. The van der Waals surface area contributed by atoms with Crippen LogP contribution in [-0.4, -0.2) is 36.7 Å². The third-order valence-corrected chi connectivity index (χ3v) is 7.75. The Kier molecular flexibility index (Phi) is 9.38. The van der Waals surface area contributed by atoms with E-state index in [0.29, 0.717) is 42.5 Å². The van der Waals surface area contributed by atoms with Gasteiger partial charge in [-0.1, -0.05) is 48.5 Å². The first-order chi connectivity index (χ1) is 19.2. The van der Waals surface area contributed by atoms with Crippen molar-refractivity contribution in [1.82, 2.24) is 15.1 Å². The van der Waals surface area contributed by atoms with Crippen LogP contribution in [0.1, 0.15) is 48.5 Å². The molecule has 2 aromatic carbocycles. The van der Waals surface area contributed by atoms with Crippen LogP contribution in [-0.2, 0) is 27.9 Å². The molecule has 0 atom stereocenters. The van der Waals surface area contributed by atoms with Gasteiger partial charge in [0.15, 0.2) is 5.82 Å². The molecule has 4 rings (SSSR count). The van der Waals surface area contributed by atoms with E-state index in [4.69, 9.17) is 9.26 Å². The number of rotatable bonds is 13. The van der Waals surface area contributed by atoms with Gasteiger partial charge in [-0.05, 0) is 56.9 Å². The van der Waals surface area contributed by atoms with E-state index in [9.17, 15) is 8.42 Å². The summed E-state index contributed by atoms with van der Waals surface area (Å²) in [6, 6.07) is 14.7. The minimum atomic E-state index is -3.96. The van der Waals surface area contributed by atoms with E-state index in [2.05, 4.69) is 37.4 Å². The first kappa shape index (κ1) is 29.0. The van der Waals surface area contributed by atoms with E-state index < -0.39 is 10.0 Å². The zero-order valence-corrected chi connectivity index (χ0v) is 24.4. The van der Waals surface area contributed by atoms with Crippen molar-refractivity contribution in [1.29, 1.82) is 0 Å². The molecule has 0 saturated heterocycles. The molecule has 0 spiro atoms. The largest absolute Gasteiger partial charge is 0.377 e. The van der Waals surface area contributed by atoms with Crippen molar-refractivity contribution in [3.8, 4) is 11.1 Å². The highest BCUT2D eigenvalue weighted by molar-refractivity contribution is 7.92. The van der Waals surface area contributed by atoms with Crippen LogP contribution in [0.4, 0.5) is 17.5 Å². The summed E-state index contributed by atoms with van der Waals surface area (Å²) in [5, 5.41) is 10.5. The van der Waals surface area contributed by atoms with Crippen LogP contribution in [0.25, 0.3) is 11.1 Å². The van der Waals surface area contributed by atoms with Gasteiger partial charge in [0.05, 0.1) is 11.5 Å². The fourth-order valence-corrected chi connectivity index (χ4v) is 5.44. The highest BCUT2D eigenvalue weighted by atomic mass is 32.2. The van der Waals surface area contributed by atoms with Crippen molar-refractivity contribution < 1.29 is 17.7 Å². The third-order valence-electron chi connectivity index (χ3n) is 6.35. The maximum Gasteiger partial charge on any atom is 0.263 e. The monoisotopic (exact) mass is 564 g/mol. The minimum Gasteiger partial charge on any atom is -0.377 e. The van der Waals surface area contributed by atoms with Crippen molar-refractivity contribution in [2.45, 2.75) is 59.1 Å². The first-order valence-electron chi connectivity index (χ1n) is 13.3. The fourth-order valence-electron chi connectivity index (χ4n) is 4.16. The number of sulfonamides is 1. The Labute approximate surface area is 235 Å². The van der Waals surface area contributed by atoms with E-state index in [1.54, 1.807) is 32.0 Å². The smallest absolute Gasteiger partial charge is 0.263 e. The van der Waals surface area contributed by atoms with Gasteiger partial charge in [0.1, 0.15) is 23.2 Å². The molecule has 2 aromatic heterocycles. The number of aryl methyl sites for hydroxylation is 2. The van der Waals surface area contributed by atoms with Crippen LogP contribution in [0, 0.1) is 20.8 Å². The lowest BCUT2D eigenvalue weighted by atomic mass is 9.97. The van der Waals surface area contributed by atoms with Gasteiger partial charge in [-0.15, -0.1) is 0 Å². The Morgan fingerprint density at radius 2 is 1.68 bits per heavy atom. The molecule has 212 valence electrons. The summed E-state index contributed by atoms with van der Waals surface area (Å²) in [6.07, 6.45) is 1.00. The lowest BCUT2D eigenvalue weighted by Crippen LogP contribution is -2.15. The fraction of sp³-hybridized carbons (Fsp3) is 0.345. The second kappa shape index (κ2) is 12.9. The molecule has 0 aliphatic heterocycles. The van der Waals surface area contributed by atoms with Crippen molar-refractivity contribution in [2.24, 2.45) is 0 Å². The molecule has 2 heterocycles. The summed E-state index contributed by atoms with van der Waals surface area (Å²) in [5.41, 5.74) is 3.86. The Hall–Kier alpha value is -3.96. The molecule has 0 amide bonds. The number of nitrogens with zero attached hydrogens (tertiary/aromatic N) is 3. The number of hydrogen-bond donors (Lipinski definition) is 3. The van der Waals surface area contributed by atoms with Crippen LogP contribution >= 0.6 is 0 Å². The lowest BCUT2D eigenvalue weighted by Gasteiger charge is -2.16. The van der Waals surface area contributed by atoms with Crippen molar-refractivity contribution in [3.05, 3.63) is 76.8 Å². The average Bonchev–Trinajstić information content (AvgIpc) is 3.25.